The van der Waals surface area contributed by atoms with Crippen LogP contribution in [0.15, 0.2) is 59.4 Å². The van der Waals surface area contributed by atoms with Gasteiger partial charge in [0.05, 0.1) is 11.1 Å². The Bertz CT molecular complexity index is 1080. The molecule has 2 nitrogen and oxygen atoms in total. The van der Waals surface area contributed by atoms with Gasteiger partial charge in [0.2, 0.25) is 0 Å². The second kappa shape index (κ2) is 6.85. The Kier molecular flexibility index (Phi) is 4.82. The predicted octanol–water partition coefficient (Wildman–Crippen LogP) is 6.05. The van der Waals surface area contributed by atoms with Gasteiger partial charge in [-0.2, -0.15) is 26.3 Å². The summed E-state index contributed by atoms with van der Waals surface area (Å²) in [5, 5.41) is 0. The smallest absolute Gasteiger partial charge is 0.325 e. The number of benzene rings is 2. The number of rotatable bonds is 2. The third-order valence-corrected chi connectivity index (χ3v) is 4.28. The fourth-order valence-corrected chi connectivity index (χ4v) is 3.03. The molecular formula is C20H13F6NO. The molecule has 0 unspecified atom stereocenters. The highest BCUT2D eigenvalue weighted by Crippen LogP contribution is 2.40. The molecule has 0 saturated heterocycles. The molecule has 1 heterocycles. The Morgan fingerprint density at radius 2 is 1.11 bits per heavy atom. The average molecular weight is 397 g/mol. The van der Waals surface area contributed by atoms with Crippen LogP contribution in [0, 0.1) is 6.92 Å². The lowest BCUT2D eigenvalue weighted by atomic mass is 9.93. The van der Waals surface area contributed by atoms with Crippen LogP contribution in [0.2, 0.25) is 0 Å². The molecule has 0 bridgehead atoms. The van der Waals surface area contributed by atoms with Gasteiger partial charge in [-0.3, -0.25) is 4.79 Å². The Morgan fingerprint density at radius 1 is 0.679 bits per heavy atom. The predicted molar refractivity (Wildman–Crippen MR) is 92.7 cm³/mol. The van der Waals surface area contributed by atoms with Crippen molar-refractivity contribution in [3.05, 3.63) is 81.8 Å². The fraction of sp³-hybridized carbons (Fsp3) is 0.150. The molecule has 1 N–H and O–H groups in total. The van der Waals surface area contributed by atoms with E-state index in [1.165, 1.54) is 37.3 Å². The summed E-state index contributed by atoms with van der Waals surface area (Å²) in [5.74, 6) is 0. The summed E-state index contributed by atoms with van der Waals surface area (Å²) in [4.78, 5) is 14.7. The lowest BCUT2D eigenvalue weighted by molar-refractivity contribution is -0.137. The van der Waals surface area contributed by atoms with E-state index in [-0.39, 0.29) is 22.4 Å². The summed E-state index contributed by atoms with van der Waals surface area (Å²) in [6.07, 6.45) is -9.39. The van der Waals surface area contributed by atoms with E-state index in [0.29, 0.717) is 0 Å². The van der Waals surface area contributed by atoms with Crippen molar-refractivity contribution in [1.29, 1.82) is 0 Å². The highest BCUT2D eigenvalue weighted by atomic mass is 19.4. The quantitative estimate of drug-likeness (QED) is 0.524. The van der Waals surface area contributed by atoms with Gasteiger partial charge in [0, 0.05) is 16.8 Å². The van der Waals surface area contributed by atoms with E-state index >= 15 is 0 Å². The van der Waals surface area contributed by atoms with Crippen LogP contribution >= 0.6 is 0 Å². The highest BCUT2D eigenvalue weighted by molar-refractivity contribution is 5.77. The standard InChI is InChI=1S/C20H13F6NO/c1-11-14(12-6-2-4-8-16(12)19(21,22)23)10-15(18(28)27-11)13-7-3-5-9-17(13)20(24,25)26/h2-10H,1H3,(H,27,28). The van der Waals surface area contributed by atoms with E-state index in [2.05, 4.69) is 4.98 Å². The van der Waals surface area contributed by atoms with E-state index in [4.69, 9.17) is 0 Å². The number of hydrogen-bond donors (Lipinski definition) is 1. The zero-order chi connectivity index (χ0) is 20.7. The van der Waals surface area contributed by atoms with E-state index in [1.54, 1.807) is 0 Å². The molecule has 0 amide bonds. The summed E-state index contributed by atoms with van der Waals surface area (Å²) >= 11 is 0. The minimum absolute atomic E-state index is 0.000461. The van der Waals surface area contributed by atoms with Crippen molar-refractivity contribution in [2.24, 2.45) is 0 Å². The monoisotopic (exact) mass is 397 g/mol. The van der Waals surface area contributed by atoms with Gasteiger partial charge in [0.15, 0.2) is 0 Å². The maximum atomic E-state index is 13.4. The van der Waals surface area contributed by atoms with Crippen LogP contribution in [0.25, 0.3) is 22.3 Å². The van der Waals surface area contributed by atoms with E-state index in [0.717, 1.165) is 24.3 Å². The second-order valence-corrected chi connectivity index (χ2v) is 6.14. The summed E-state index contributed by atoms with van der Waals surface area (Å²) in [7, 11) is 0. The molecular weight excluding hydrogens is 384 g/mol. The summed E-state index contributed by atoms with van der Waals surface area (Å²) in [6.45, 7) is 1.39. The molecule has 0 saturated carbocycles. The van der Waals surface area contributed by atoms with E-state index in [1.807, 2.05) is 0 Å². The lowest BCUT2D eigenvalue weighted by Crippen LogP contribution is -2.15. The molecule has 0 atom stereocenters. The van der Waals surface area contributed by atoms with E-state index in [9.17, 15) is 31.1 Å². The molecule has 8 heteroatoms. The Balaban J connectivity index is 2.31. The first kappa shape index (κ1) is 19.7. The minimum Gasteiger partial charge on any atom is -0.325 e. The Labute approximate surface area is 155 Å². The number of nitrogens with one attached hydrogen (secondary N) is 1. The highest BCUT2D eigenvalue weighted by Gasteiger charge is 2.35. The average Bonchev–Trinajstić information content (AvgIpc) is 2.60. The van der Waals surface area contributed by atoms with Gasteiger partial charge in [-0.1, -0.05) is 36.4 Å². The number of halogens is 6. The van der Waals surface area contributed by atoms with Gasteiger partial charge in [-0.25, -0.2) is 0 Å². The van der Waals surface area contributed by atoms with Gasteiger partial charge in [-0.15, -0.1) is 0 Å². The lowest BCUT2D eigenvalue weighted by Gasteiger charge is -2.17. The zero-order valence-corrected chi connectivity index (χ0v) is 14.4. The van der Waals surface area contributed by atoms with Crippen molar-refractivity contribution in [3.8, 4) is 22.3 Å². The maximum absolute atomic E-state index is 13.4. The van der Waals surface area contributed by atoms with E-state index < -0.39 is 34.6 Å². The summed E-state index contributed by atoms with van der Waals surface area (Å²) < 4.78 is 80.1. The number of alkyl halides is 6. The maximum Gasteiger partial charge on any atom is 0.417 e. The van der Waals surface area contributed by atoms with Gasteiger partial charge in [0.1, 0.15) is 0 Å². The second-order valence-electron chi connectivity index (χ2n) is 6.14. The largest absolute Gasteiger partial charge is 0.417 e. The molecule has 3 aromatic rings. The van der Waals surface area contributed by atoms with Crippen LogP contribution in [0.1, 0.15) is 16.8 Å². The summed E-state index contributed by atoms with van der Waals surface area (Å²) in [5.41, 5.74) is -3.67. The van der Waals surface area contributed by atoms with Crippen LogP contribution in [0.4, 0.5) is 26.3 Å². The SMILES string of the molecule is Cc1[nH]c(=O)c(-c2ccccc2C(F)(F)F)cc1-c1ccccc1C(F)(F)F. The minimum atomic E-state index is -4.72. The number of H-pyrrole nitrogens is 1. The molecule has 1 aromatic heterocycles. The Morgan fingerprint density at radius 3 is 1.57 bits per heavy atom. The van der Waals surface area contributed by atoms with Crippen molar-refractivity contribution in [2.45, 2.75) is 19.3 Å². The first-order valence-electron chi connectivity index (χ1n) is 8.07. The van der Waals surface area contributed by atoms with Gasteiger partial charge >= 0.3 is 12.4 Å². The normalized spacial score (nSPS) is 12.2. The van der Waals surface area contributed by atoms with Crippen LogP contribution < -0.4 is 5.56 Å². The first-order chi connectivity index (χ1) is 13.0. The fourth-order valence-electron chi connectivity index (χ4n) is 3.03. The molecule has 0 fully saturated rings. The molecule has 146 valence electrons. The van der Waals surface area contributed by atoms with Gasteiger partial charge in [-0.05, 0) is 36.2 Å². The molecule has 2 aromatic carbocycles. The molecule has 28 heavy (non-hydrogen) atoms. The first-order valence-corrected chi connectivity index (χ1v) is 8.07. The molecule has 0 spiro atoms. The van der Waals surface area contributed by atoms with Crippen molar-refractivity contribution in [2.75, 3.05) is 0 Å². The number of aromatic nitrogens is 1. The number of pyridine rings is 1. The molecule has 0 radical (unpaired) electrons. The van der Waals surface area contributed by atoms with Crippen LogP contribution in [-0.4, -0.2) is 4.98 Å². The molecule has 0 aliphatic heterocycles. The van der Waals surface area contributed by atoms with Crippen molar-refractivity contribution in [1.82, 2.24) is 4.98 Å². The third kappa shape index (κ3) is 3.67. The van der Waals surface area contributed by atoms with Crippen LogP contribution in [0.3, 0.4) is 0 Å². The zero-order valence-electron chi connectivity index (χ0n) is 14.4. The molecule has 0 aliphatic rings. The van der Waals surface area contributed by atoms with Crippen molar-refractivity contribution < 1.29 is 26.3 Å². The van der Waals surface area contributed by atoms with Crippen molar-refractivity contribution >= 4 is 0 Å². The molecule has 3 rings (SSSR count). The van der Waals surface area contributed by atoms with Crippen molar-refractivity contribution in [3.63, 3.8) is 0 Å². The number of aryl methyl sites for hydroxylation is 1. The van der Waals surface area contributed by atoms with Crippen LogP contribution in [0.5, 0.6) is 0 Å². The van der Waals surface area contributed by atoms with Gasteiger partial charge in [0.25, 0.3) is 5.56 Å². The van der Waals surface area contributed by atoms with Gasteiger partial charge < -0.3 is 4.98 Å². The number of hydrogen-bond acceptors (Lipinski definition) is 1. The Hall–Kier alpha value is -3.03. The van der Waals surface area contributed by atoms with Crippen LogP contribution in [-0.2, 0) is 12.4 Å². The molecule has 0 aliphatic carbocycles. The topological polar surface area (TPSA) is 32.9 Å². The summed E-state index contributed by atoms with van der Waals surface area (Å²) in [6, 6.07) is 10.2. The third-order valence-electron chi connectivity index (χ3n) is 4.28. The number of aromatic amines is 1.